The smallest absolute Gasteiger partial charge is 0.0104 e. The lowest BCUT2D eigenvalue weighted by Crippen LogP contribution is -2.19. The predicted molar refractivity (Wildman–Crippen MR) is 84.3 cm³/mol. The van der Waals surface area contributed by atoms with E-state index in [1.807, 2.05) is 13.8 Å². The Morgan fingerprint density at radius 1 is 0.789 bits per heavy atom. The zero-order chi connectivity index (χ0) is 14.1. The Balaban J connectivity index is 0.000000861. The Morgan fingerprint density at radius 3 is 1.47 bits per heavy atom. The van der Waals surface area contributed by atoms with Crippen molar-refractivity contribution in [2.24, 2.45) is 5.73 Å². The molecule has 2 N–H and O–H groups in total. The molecule has 0 saturated carbocycles. The van der Waals surface area contributed by atoms with Crippen molar-refractivity contribution in [2.45, 2.75) is 39.2 Å². The van der Waals surface area contributed by atoms with Crippen LogP contribution in [0, 0.1) is 0 Å². The summed E-state index contributed by atoms with van der Waals surface area (Å²) >= 11 is 0. The maximum absolute atomic E-state index is 5.97. The van der Waals surface area contributed by atoms with Crippen molar-refractivity contribution in [3.63, 3.8) is 0 Å². The van der Waals surface area contributed by atoms with Gasteiger partial charge in [-0.25, -0.2) is 0 Å². The Morgan fingerprint density at radius 2 is 1.16 bits per heavy atom. The molecule has 0 aliphatic rings. The SMILES string of the molecule is CC.CC(N)CC(c1ccccc1)c1ccccc1. The van der Waals surface area contributed by atoms with Gasteiger partial charge >= 0.3 is 0 Å². The van der Waals surface area contributed by atoms with E-state index < -0.39 is 0 Å². The quantitative estimate of drug-likeness (QED) is 0.850. The predicted octanol–water partition coefficient (Wildman–Crippen LogP) is 4.58. The van der Waals surface area contributed by atoms with Crippen LogP contribution in [-0.4, -0.2) is 6.04 Å². The fourth-order valence-corrected chi connectivity index (χ4v) is 2.21. The molecular weight excluding hydrogens is 230 g/mol. The van der Waals surface area contributed by atoms with E-state index >= 15 is 0 Å². The van der Waals surface area contributed by atoms with E-state index in [9.17, 15) is 0 Å². The minimum absolute atomic E-state index is 0.209. The van der Waals surface area contributed by atoms with Gasteiger partial charge in [-0.15, -0.1) is 0 Å². The normalized spacial score (nSPS) is 11.6. The standard InChI is InChI=1S/C16H19N.C2H6/c1-13(17)12-16(14-8-4-2-5-9-14)15-10-6-3-7-11-15;1-2/h2-11,13,16H,12,17H2,1H3;1-2H3. The molecule has 0 aromatic heterocycles. The second kappa shape index (κ2) is 8.49. The van der Waals surface area contributed by atoms with Gasteiger partial charge in [0, 0.05) is 12.0 Å². The number of hydrogen-bond acceptors (Lipinski definition) is 1. The second-order valence-electron chi connectivity index (χ2n) is 4.59. The molecule has 19 heavy (non-hydrogen) atoms. The summed E-state index contributed by atoms with van der Waals surface area (Å²) in [6.45, 7) is 6.07. The van der Waals surface area contributed by atoms with Gasteiger partial charge in [-0.2, -0.15) is 0 Å². The lowest BCUT2D eigenvalue weighted by molar-refractivity contribution is 0.608. The maximum Gasteiger partial charge on any atom is 0.0104 e. The summed E-state index contributed by atoms with van der Waals surface area (Å²) in [6, 6.07) is 21.4. The molecule has 1 unspecified atom stereocenters. The fourth-order valence-electron chi connectivity index (χ4n) is 2.21. The molecule has 0 bridgehead atoms. The molecule has 2 aromatic rings. The lowest BCUT2D eigenvalue weighted by Gasteiger charge is -2.20. The van der Waals surface area contributed by atoms with Gasteiger partial charge in [0.25, 0.3) is 0 Å². The van der Waals surface area contributed by atoms with Crippen LogP contribution in [0.4, 0.5) is 0 Å². The van der Waals surface area contributed by atoms with Gasteiger partial charge in [0.05, 0.1) is 0 Å². The van der Waals surface area contributed by atoms with Crippen LogP contribution in [0.2, 0.25) is 0 Å². The van der Waals surface area contributed by atoms with Crippen molar-refractivity contribution < 1.29 is 0 Å². The summed E-state index contributed by atoms with van der Waals surface area (Å²) < 4.78 is 0. The number of hydrogen-bond donors (Lipinski definition) is 1. The molecule has 0 heterocycles. The van der Waals surface area contributed by atoms with Crippen LogP contribution in [-0.2, 0) is 0 Å². The third-order valence-electron chi connectivity index (χ3n) is 3.01. The summed E-state index contributed by atoms with van der Waals surface area (Å²) in [6.07, 6.45) is 0.980. The summed E-state index contributed by atoms with van der Waals surface area (Å²) in [5, 5.41) is 0. The average molecular weight is 255 g/mol. The monoisotopic (exact) mass is 255 g/mol. The van der Waals surface area contributed by atoms with E-state index in [-0.39, 0.29) is 6.04 Å². The zero-order valence-electron chi connectivity index (χ0n) is 12.2. The molecule has 1 heteroatoms. The molecule has 0 radical (unpaired) electrons. The van der Waals surface area contributed by atoms with E-state index in [0.29, 0.717) is 5.92 Å². The third-order valence-corrected chi connectivity index (χ3v) is 3.01. The minimum Gasteiger partial charge on any atom is -0.328 e. The lowest BCUT2D eigenvalue weighted by atomic mass is 9.86. The van der Waals surface area contributed by atoms with Crippen molar-refractivity contribution in [3.8, 4) is 0 Å². The highest BCUT2D eigenvalue weighted by Gasteiger charge is 2.15. The first-order valence-electron chi connectivity index (χ1n) is 7.13. The molecule has 0 aliphatic heterocycles. The van der Waals surface area contributed by atoms with Crippen molar-refractivity contribution >= 4 is 0 Å². The van der Waals surface area contributed by atoms with Gasteiger partial charge in [0.15, 0.2) is 0 Å². The fraction of sp³-hybridized carbons (Fsp3) is 0.333. The van der Waals surface area contributed by atoms with E-state index in [1.165, 1.54) is 11.1 Å². The average Bonchev–Trinajstić information content (AvgIpc) is 2.48. The molecule has 2 rings (SSSR count). The van der Waals surface area contributed by atoms with Crippen LogP contribution < -0.4 is 5.73 Å². The Hall–Kier alpha value is -1.60. The highest BCUT2D eigenvalue weighted by Crippen LogP contribution is 2.28. The molecule has 0 fully saturated rings. The molecule has 2 aromatic carbocycles. The van der Waals surface area contributed by atoms with Gasteiger partial charge in [-0.05, 0) is 24.5 Å². The highest BCUT2D eigenvalue weighted by atomic mass is 14.6. The number of nitrogens with two attached hydrogens (primary N) is 1. The van der Waals surface area contributed by atoms with Crippen LogP contribution in [0.25, 0.3) is 0 Å². The Labute approximate surface area is 117 Å². The van der Waals surface area contributed by atoms with E-state index in [2.05, 4.69) is 67.6 Å². The minimum atomic E-state index is 0.209. The van der Waals surface area contributed by atoms with E-state index in [4.69, 9.17) is 5.73 Å². The van der Waals surface area contributed by atoms with Crippen LogP contribution in [0.1, 0.15) is 44.2 Å². The first-order valence-corrected chi connectivity index (χ1v) is 7.13. The van der Waals surface area contributed by atoms with Crippen molar-refractivity contribution in [2.75, 3.05) is 0 Å². The first-order chi connectivity index (χ1) is 9.27. The van der Waals surface area contributed by atoms with Gasteiger partial charge in [-0.1, -0.05) is 74.5 Å². The highest BCUT2D eigenvalue weighted by molar-refractivity contribution is 5.32. The Kier molecular flexibility index (Phi) is 6.91. The van der Waals surface area contributed by atoms with Crippen molar-refractivity contribution in [3.05, 3.63) is 71.8 Å². The third kappa shape index (κ3) is 4.88. The van der Waals surface area contributed by atoms with Crippen LogP contribution in [0.3, 0.4) is 0 Å². The van der Waals surface area contributed by atoms with Gasteiger partial charge in [0.2, 0.25) is 0 Å². The van der Waals surface area contributed by atoms with Crippen molar-refractivity contribution in [1.29, 1.82) is 0 Å². The van der Waals surface area contributed by atoms with Gasteiger partial charge in [0.1, 0.15) is 0 Å². The topological polar surface area (TPSA) is 26.0 Å². The van der Waals surface area contributed by atoms with E-state index in [1.54, 1.807) is 0 Å². The van der Waals surface area contributed by atoms with Gasteiger partial charge < -0.3 is 5.73 Å². The summed E-state index contributed by atoms with van der Waals surface area (Å²) in [7, 11) is 0. The first kappa shape index (κ1) is 15.5. The van der Waals surface area contributed by atoms with Gasteiger partial charge in [-0.3, -0.25) is 0 Å². The molecule has 0 saturated heterocycles. The molecule has 0 aliphatic carbocycles. The summed E-state index contributed by atoms with van der Waals surface area (Å²) in [5.74, 6) is 0.400. The van der Waals surface area contributed by atoms with Crippen LogP contribution in [0.15, 0.2) is 60.7 Å². The molecule has 1 atom stereocenters. The number of benzene rings is 2. The number of rotatable bonds is 4. The van der Waals surface area contributed by atoms with Crippen molar-refractivity contribution in [1.82, 2.24) is 0 Å². The summed E-state index contributed by atoms with van der Waals surface area (Å²) in [4.78, 5) is 0. The molecule has 0 spiro atoms. The molecule has 1 nitrogen and oxygen atoms in total. The molecular formula is C18H25N. The second-order valence-corrected chi connectivity index (χ2v) is 4.59. The van der Waals surface area contributed by atoms with Crippen LogP contribution >= 0.6 is 0 Å². The Bertz CT molecular complexity index is 394. The zero-order valence-corrected chi connectivity index (χ0v) is 12.2. The maximum atomic E-state index is 5.97. The van der Waals surface area contributed by atoms with E-state index in [0.717, 1.165) is 6.42 Å². The van der Waals surface area contributed by atoms with Crippen LogP contribution in [0.5, 0.6) is 0 Å². The largest absolute Gasteiger partial charge is 0.328 e. The summed E-state index contributed by atoms with van der Waals surface area (Å²) in [5.41, 5.74) is 8.66. The molecule has 0 amide bonds. The molecule has 102 valence electrons.